The van der Waals surface area contributed by atoms with Gasteiger partial charge in [0.2, 0.25) is 0 Å². The van der Waals surface area contributed by atoms with Crippen LogP contribution in [0.5, 0.6) is 0 Å². The third kappa shape index (κ3) is 4.21. The third-order valence-electron chi connectivity index (χ3n) is 3.89. The number of hydrogen-bond donors (Lipinski definition) is 1. The Morgan fingerprint density at radius 2 is 1.78 bits per heavy atom. The molecule has 7 nitrogen and oxygen atoms in total. The van der Waals surface area contributed by atoms with Crippen LogP contribution in [0, 0.1) is 17.0 Å². The molecule has 0 radical (unpaired) electrons. The molecule has 0 bridgehead atoms. The number of benzene rings is 2. The standard InChI is InChI=1S/C20H16N4O3/c1-14-10-11-16(13-18(14)24(26)27)20(25)23-22-19(15-7-3-2-4-8-15)17-9-5-6-12-21-17/h2-13H,1H3,(H,23,25). The summed E-state index contributed by atoms with van der Waals surface area (Å²) < 4.78 is 0. The van der Waals surface area contributed by atoms with Crippen LogP contribution >= 0.6 is 0 Å². The lowest BCUT2D eigenvalue weighted by Gasteiger charge is -2.07. The normalized spacial score (nSPS) is 11.1. The zero-order chi connectivity index (χ0) is 19.2. The van der Waals surface area contributed by atoms with Crippen LogP contribution in [-0.4, -0.2) is 21.5 Å². The van der Waals surface area contributed by atoms with Crippen molar-refractivity contribution < 1.29 is 9.72 Å². The molecule has 7 heteroatoms. The number of pyridine rings is 1. The van der Waals surface area contributed by atoms with E-state index in [1.54, 1.807) is 25.3 Å². The molecule has 0 saturated carbocycles. The van der Waals surface area contributed by atoms with Gasteiger partial charge in [-0.05, 0) is 25.1 Å². The highest BCUT2D eigenvalue weighted by atomic mass is 16.6. The number of nitrogens with one attached hydrogen (secondary N) is 1. The molecular formula is C20H16N4O3. The highest BCUT2D eigenvalue weighted by Crippen LogP contribution is 2.19. The predicted octanol–water partition coefficient (Wildman–Crippen LogP) is 3.48. The summed E-state index contributed by atoms with van der Waals surface area (Å²) in [7, 11) is 0. The number of rotatable bonds is 5. The summed E-state index contributed by atoms with van der Waals surface area (Å²) in [5.74, 6) is -0.539. The molecule has 3 rings (SSSR count). The number of amides is 1. The van der Waals surface area contributed by atoms with Crippen LogP contribution in [0.25, 0.3) is 0 Å². The van der Waals surface area contributed by atoms with E-state index in [1.165, 1.54) is 18.2 Å². The lowest BCUT2D eigenvalue weighted by molar-refractivity contribution is -0.385. The molecule has 3 aromatic rings. The molecule has 0 aliphatic heterocycles. The fraction of sp³-hybridized carbons (Fsp3) is 0.0500. The van der Waals surface area contributed by atoms with Gasteiger partial charge in [0, 0.05) is 29.0 Å². The van der Waals surface area contributed by atoms with E-state index in [-0.39, 0.29) is 11.3 Å². The number of aryl methyl sites for hydroxylation is 1. The molecule has 0 unspecified atom stereocenters. The van der Waals surface area contributed by atoms with Gasteiger partial charge in [-0.15, -0.1) is 0 Å². The molecule has 1 heterocycles. The molecule has 1 amide bonds. The second-order valence-corrected chi connectivity index (χ2v) is 5.74. The van der Waals surface area contributed by atoms with Gasteiger partial charge in [0.1, 0.15) is 5.71 Å². The van der Waals surface area contributed by atoms with Crippen LogP contribution in [-0.2, 0) is 0 Å². The van der Waals surface area contributed by atoms with Crippen molar-refractivity contribution in [2.24, 2.45) is 5.10 Å². The Morgan fingerprint density at radius 1 is 1.04 bits per heavy atom. The number of hydrazone groups is 1. The quantitative estimate of drug-likeness (QED) is 0.428. The van der Waals surface area contributed by atoms with Gasteiger partial charge in [0.15, 0.2) is 0 Å². The molecule has 0 fully saturated rings. The summed E-state index contributed by atoms with van der Waals surface area (Å²) >= 11 is 0. The largest absolute Gasteiger partial charge is 0.273 e. The molecule has 1 aromatic heterocycles. The molecule has 0 spiro atoms. The van der Waals surface area contributed by atoms with Gasteiger partial charge < -0.3 is 0 Å². The SMILES string of the molecule is Cc1ccc(C(=O)NN=C(c2ccccc2)c2ccccn2)cc1[N+](=O)[O-]. The highest BCUT2D eigenvalue weighted by molar-refractivity contribution is 6.12. The molecule has 0 saturated heterocycles. The van der Waals surface area contributed by atoms with E-state index >= 15 is 0 Å². The summed E-state index contributed by atoms with van der Waals surface area (Å²) in [6.07, 6.45) is 1.64. The fourth-order valence-corrected chi connectivity index (χ4v) is 2.49. The number of carbonyl (C=O) groups excluding carboxylic acids is 1. The molecule has 2 aromatic carbocycles. The number of carbonyl (C=O) groups is 1. The molecule has 0 aliphatic carbocycles. The van der Waals surface area contributed by atoms with Crippen LogP contribution in [0.4, 0.5) is 5.69 Å². The number of nitro groups is 1. The Hall–Kier alpha value is -3.87. The average molecular weight is 360 g/mol. The van der Waals surface area contributed by atoms with Crippen molar-refractivity contribution in [3.05, 3.63) is 105 Å². The summed E-state index contributed by atoms with van der Waals surface area (Å²) in [6, 6.07) is 19.0. The number of aromatic nitrogens is 1. The first-order valence-electron chi connectivity index (χ1n) is 8.16. The first-order valence-corrected chi connectivity index (χ1v) is 8.16. The van der Waals surface area contributed by atoms with E-state index in [9.17, 15) is 14.9 Å². The van der Waals surface area contributed by atoms with E-state index in [0.29, 0.717) is 17.0 Å². The van der Waals surface area contributed by atoms with Crippen molar-refractivity contribution in [2.45, 2.75) is 6.92 Å². The Morgan fingerprint density at radius 3 is 2.44 bits per heavy atom. The lowest BCUT2D eigenvalue weighted by atomic mass is 10.1. The molecule has 0 atom stereocenters. The molecule has 134 valence electrons. The second-order valence-electron chi connectivity index (χ2n) is 5.74. The van der Waals surface area contributed by atoms with E-state index in [0.717, 1.165) is 5.56 Å². The Labute approximate surface area is 155 Å². The maximum atomic E-state index is 12.4. The topological polar surface area (TPSA) is 97.5 Å². The van der Waals surface area contributed by atoms with Crippen molar-refractivity contribution in [1.82, 2.24) is 10.4 Å². The minimum Gasteiger partial charge on any atom is -0.267 e. The van der Waals surface area contributed by atoms with E-state index < -0.39 is 10.8 Å². The number of nitro benzene ring substituents is 1. The minimum absolute atomic E-state index is 0.111. The molecule has 0 aliphatic rings. The maximum absolute atomic E-state index is 12.4. The predicted molar refractivity (Wildman–Crippen MR) is 102 cm³/mol. The van der Waals surface area contributed by atoms with Crippen molar-refractivity contribution in [1.29, 1.82) is 0 Å². The second kappa shape index (κ2) is 8.01. The third-order valence-corrected chi connectivity index (χ3v) is 3.89. The summed E-state index contributed by atoms with van der Waals surface area (Å²) in [4.78, 5) is 27.3. The van der Waals surface area contributed by atoms with Crippen LogP contribution < -0.4 is 5.43 Å². The van der Waals surface area contributed by atoms with Gasteiger partial charge in [0.25, 0.3) is 11.6 Å². The summed E-state index contributed by atoms with van der Waals surface area (Å²) in [6.45, 7) is 1.62. The number of nitrogens with zero attached hydrogens (tertiary/aromatic N) is 3. The van der Waals surface area contributed by atoms with E-state index in [4.69, 9.17) is 0 Å². The monoisotopic (exact) mass is 360 g/mol. The Balaban J connectivity index is 1.92. The lowest BCUT2D eigenvalue weighted by Crippen LogP contribution is -2.21. The number of hydrogen-bond acceptors (Lipinski definition) is 5. The summed E-state index contributed by atoms with van der Waals surface area (Å²) in [5, 5.41) is 15.3. The van der Waals surface area contributed by atoms with Crippen molar-refractivity contribution in [2.75, 3.05) is 0 Å². The Kier molecular flexibility index (Phi) is 5.32. The van der Waals surface area contributed by atoms with Crippen molar-refractivity contribution in [3.63, 3.8) is 0 Å². The first-order chi connectivity index (χ1) is 13.1. The average Bonchev–Trinajstić information content (AvgIpc) is 2.70. The fourth-order valence-electron chi connectivity index (χ4n) is 2.49. The van der Waals surface area contributed by atoms with Gasteiger partial charge in [0.05, 0.1) is 10.6 Å². The smallest absolute Gasteiger partial charge is 0.267 e. The van der Waals surface area contributed by atoms with E-state index in [1.807, 2.05) is 36.4 Å². The van der Waals surface area contributed by atoms with Gasteiger partial charge >= 0.3 is 0 Å². The van der Waals surface area contributed by atoms with Crippen molar-refractivity contribution in [3.8, 4) is 0 Å². The van der Waals surface area contributed by atoms with Crippen LogP contribution in [0.2, 0.25) is 0 Å². The van der Waals surface area contributed by atoms with Gasteiger partial charge in [-0.1, -0.05) is 42.5 Å². The van der Waals surface area contributed by atoms with Gasteiger partial charge in [-0.2, -0.15) is 5.10 Å². The van der Waals surface area contributed by atoms with Crippen LogP contribution in [0.3, 0.4) is 0 Å². The zero-order valence-electron chi connectivity index (χ0n) is 14.5. The van der Waals surface area contributed by atoms with Gasteiger partial charge in [-0.3, -0.25) is 19.9 Å². The highest BCUT2D eigenvalue weighted by Gasteiger charge is 2.15. The van der Waals surface area contributed by atoms with Crippen molar-refractivity contribution >= 4 is 17.3 Å². The zero-order valence-corrected chi connectivity index (χ0v) is 14.5. The minimum atomic E-state index is -0.539. The molecule has 1 N–H and O–H groups in total. The van der Waals surface area contributed by atoms with Crippen LogP contribution in [0.15, 0.2) is 78.0 Å². The molecular weight excluding hydrogens is 344 g/mol. The molecule has 27 heavy (non-hydrogen) atoms. The summed E-state index contributed by atoms with van der Waals surface area (Å²) in [5.41, 5.74) is 4.87. The van der Waals surface area contributed by atoms with Gasteiger partial charge in [-0.25, -0.2) is 5.43 Å². The Bertz CT molecular complexity index is 961. The maximum Gasteiger partial charge on any atom is 0.273 e. The first kappa shape index (κ1) is 17.9. The van der Waals surface area contributed by atoms with Crippen LogP contribution in [0.1, 0.15) is 27.2 Å². The van der Waals surface area contributed by atoms with E-state index in [2.05, 4.69) is 15.5 Å².